The molecule has 0 bridgehead atoms. The van der Waals surface area contributed by atoms with E-state index in [-0.39, 0.29) is 5.41 Å². The highest BCUT2D eigenvalue weighted by atomic mass is 35.6. The first kappa shape index (κ1) is 16.3. The molecule has 0 radical (unpaired) electrons. The van der Waals surface area contributed by atoms with Gasteiger partial charge in [-0.1, -0.05) is 48.7 Å². The largest absolute Gasteiger partial charge is 0.390 e. The highest BCUT2D eigenvalue weighted by Gasteiger charge is 2.50. The average molecular weight is 319 g/mol. The molecule has 0 aromatic carbocycles. The molecule has 1 aliphatic carbocycles. The number of rotatable bonds is 1. The van der Waals surface area contributed by atoms with Crippen LogP contribution in [0.5, 0.6) is 0 Å². The molecular weight excluding hydrogens is 300 g/mol. The lowest BCUT2D eigenvalue weighted by Crippen LogP contribution is -2.65. The van der Waals surface area contributed by atoms with Crippen molar-refractivity contribution in [2.24, 2.45) is 5.41 Å². The van der Waals surface area contributed by atoms with Crippen molar-refractivity contribution in [3.05, 3.63) is 0 Å². The average Bonchev–Trinajstić information content (AvgIpc) is 2.10. The van der Waals surface area contributed by atoms with Crippen LogP contribution in [0, 0.1) is 5.41 Å². The third kappa shape index (κ3) is 3.64. The number of carbonyl (C=O) groups excluding carboxylic acids is 1. The fourth-order valence-corrected chi connectivity index (χ4v) is 2.86. The molecule has 1 fully saturated rings. The van der Waals surface area contributed by atoms with Gasteiger partial charge in [0, 0.05) is 0 Å². The number of alkyl halides is 3. The van der Waals surface area contributed by atoms with Gasteiger partial charge in [0.25, 0.3) is 9.70 Å². The Morgan fingerprint density at radius 3 is 2.22 bits per heavy atom. The summed E-state index contributed by atoms with van der Waals surface area (Å²) in [4.78, 5) is 11.7. The highest BCUT2D eigenvalue weighted by molar-refractivity contribution is 6.76. The minimum Gasteiger partial charge on any atom is -0.390 e. The number of nitrogens with one attached hydrogen (secondary N) is 1. The molecular formula is C11H18Cl3NO3. The third-order valence-corrected chi connectivity index (χ3v) is 3.80. The summed E-state index contributed by atoms with van der Waals surface area (Å²) >= 11 is 16.5. The van der Waals surface area contributed by atoms with Crippen molar-refractivity contribution in [3.63, 3.8) is 0 Å². The number of hydrogen-bond donors (Lipinski definition) is 3. The number of halogens is 3. The Kier molecular flexibility index (Phi) is 4.52. The van der Waals surface area contributed by atoms with Crippen LogP contribution in [0.2, 0.25) is 0 Å². The molecule has 106 valence electrons. The predicted molar refractivity (Wildman–Crippen MR) is 71.9 cm³/mol. The van der Waals surface area contributed by atoms with E-state index in [4.69, 9.17) is 34.8 Å². The van der Waals surface area contributed by atoms with E-state index in [1.165, 1.54) is 0 Å². The Morgan fingerprint density at radius 1 is 1.28 bits per heavy atom. The van der Waals surface area contributed by atoms with E-state index in [0.717, 1.165) is 0 Å². The lowest BCUT2D eigenvalue weighted by atomic mass is 9.66. The Balaban J connectivity index is 2.92. The maximum Gasteiger partial charge on any atom is 0.272 e. The van der Waals surface area contributed by atoms with E-state index in [1.807, 2.05) is 13.8 Å². The number of amides is 1. The zero-order chi connectivity index (χ0) is 14.4. The van der Waals surface area contributed by atoms with Gasteiger partial charge in [-0.15, -0.1) is 0 Å². The first-order chi connectivity index (χ1) is 7.87. The molecule has 3 N–H and O–H groups in total. The molecule has 0 saturated heterocycles. The number of carbonyl (C=O) groups is 1. The lowest BCUT2D eigenvalue weighted by molar-refractivity contribution is -0.132. The summed E-state index contributed by atoms with van der Waals surface area (Å²) in [6, 6.07) is 0. The van der Waals surface area contributed by atoms with Gasteiger partial charge in [0.2, 0.25) is 0 Å². The molecule has 0 aromatic heterocycles. The standard InChI is InChI=1S/C11H18Cl3NO3/c1-9(2)4-6(16)7(17)10(3,5-9)15-8(18)11(12,13)14/h6-7,16-17H,4-5H2,1-3H3,(H,15,18)/t6-,7-,10+/m1/s1. The summed E-state index contributed by atoms with van der Waals surface area (Å²) in [5, 5.41) is 22.4. The van der Waals surface area contributed by atoms with Crippen LogP contribution in [-0.4, -0.2) is 37.7 Å². The Bertz CT molecular complexity index is 343. The molecule has 0 spiro atoms. The number of hydrogen-bond acceptors (Lipinski definition) is 3. The topological polar surface area (TPSA) is 69.6 Å². The maximum atomic E-state index is 11.7. The first-order valence-electron chi connectivity index (χ1n) is 5.63. The van der Waals surface area contributed by atoms with Crippen LogP contribution >= 0.6 is 34.8 Å². The van der Waals surface area contributed by atoms with Crippen LogP contribution in [0.1, 0.15) is 33.6 Å². The van der Waals surface area contributed by atoms with E-state index < -0.39 is 27.4 Å². The lowest BCUT2D eigenvalue weighted by Gasteiger charge is -2.49. The second-order valence-electron chi connectivity index (χ2n) is 5.93. The quantitative estimate of drug-likeness (QED) is 0.645. The molecule has 3 atom stereocenters. The van der Waals surface area contributed by atoms with Crippen molar-refractivity contribution < 1.29 is 15.0 Å². The van der Waals surface area contributed by atoms with Gasteiger partial charge in [-0.25, -0.2) is 0 Å². The molecule has 7 heteroatoms. The Hall–Kier alpha value is 0.260. The molecule has 1 aliphatic rings. The molecule has 0 aromatic rings. The van der Waals surface area contributed by atoms with E-state index >= 15 is 0 Å². The molecule has 4 nitrogen and oxygen atoms in total. The first-order valence-corrected chi connectivity index (χ1v) is 6.76. The van der Waals surface area contributed by atoms with Gasteiger partial charge < -0.3 is 15.5 Å². The molecule has 1 amide bonds. The summed E-state index contributed by atoms with van der Waals surface area (Å²) in [6.45, 7) is 5.53. The molecule has 0 aliphatic heterocycles. The zero-order valence-corrected chi connectivity index (χ0v) is 12.8. The Morgan fingerprint density at radius 2 is 1.78 bits per heavy atom. The predicted octanol–water partition coefficient (Wildman–Crippen LogP) is 1.77. The highest BCUT2D eigenvalue weighted by Crippen LogP contribution is 2.41. The van der Waals surface area contributed by atoms with Crippen LogP contribution in [0.4, 0.5) is 0 Å². The van der Waals surface area contributed by atoms with E-state index in [2.05, 4.69) is 5.32 Å². The van der Waals surface area contributed by atoms with Gasteiger partial charge in [-0.2, -0.15) is 0 Å². The Labute approximate surface area is 122 Å². The van der Waals surface area contributed by atoms with Crippen LogP contribution < -0.4 is 5.32 Å². The van der Waals surface area contributed by atoms with E-state index in [9.17, 15) is 15.0 Å². The second kappa shape index (κ2) is 4.98. The summed E-state index contributed by atoms with van der Waals surface area (Å²) in [5.41, 5.74) is -1.25. The van der Waals surface area contributed by atoms with Crippen LogP contribution in [0.3, 0.4) is 0 Å². The van der Waals surface area contributed by atoms with Crippen molar-refractivity contribution in [1.29, 1.82) is 0 Å². The minimum atomic E-state index is -2.09. The summed E-state index contributed by atoms with van der Waals surface area (Å²) < 4.78 is -2.09. The van der Waals surface area contributed by atoms with Gasteiger partial charge in [-0.3, -0.25) is 4.79 Å². The molecule has 1 saturated carbocycles. The fraction of sp³-hybridized carbons (Fsp3) is 0.909. The van der Waals surface area contributed by atoms with Crippen LogP contribution in [0.25, 0.3) is 0 Å². The van der Waals surface area contributed by atoms with Crippen molar-refractivity contribution >= 4 is 40.7 Å². The van der Waals surface area contributed by atoms with Gasteiger partial charge in [0.05, 0.1) is 11.6 Å². The maximum absolute atomic E-state index is 11.7. The van der Waals surface area contributed by atoms with Crippen molar-refractivity contribution in [1.82, 2.24) is 5.32 Å². The number of aliphatic hydroxyl groups is 2. The van der Waals surface area contributed by atoms with Crippen molar-refractivity contribution in [3.8, 4) is 0 Å². The van der Waals surface area contributed by atoms with Gasteiger partial charge in [0.15, 0.2) is 0 Å². The summed E-state index contributed by atoms with van der Waals surface area (Å²) in [7, 11) is 0. The third-order valence-electron chi connectivity index (χ3n) is 3.28. The molecule has 0 unspecified atom stereocenters. The van der Waals surface area contributed by atoms with Crippen LogP contribution in [0.15, 0.2) is 0 Å². The van der Waals surface area contributed by atoms with E-state index in [0.29, 0.717) is 12.8 Å². The van der Waals surface area contributed by atoms with E-state index in [1.54, 1.807) is 6.92 Å². The van der Waals surface area contributed by atoms with Crippen LogP contribution in [-0.2, 0) is 4.79 Å². The molecule has 0 heterocycles. The second-order valence-corrected chi connectivity index (χ2v) is 8.21. The SMILES string of the molecule is CC1(C)C[C@@H](O)[C@@H](O)[C@@](C)(NC(=O)C(Cl)(Cl)Cl)C1. The van der Waals surface area contributed by atoms with Gasteiger partial charge in [-0.05, 0) is 25.2 Å². The normalized spacial score (nSPS) is 36.2. The smallest absolute Gasteiger partial charge is 0.272 e. The molecule has 18 heavy (non-hydrogen) atoms. The van der Waals surface area contributed by atoms with Crippen molar-refractivity contribution in [2.45, 2.75) is 55.2 Å². The van der Waals surface area contributed by atoms with Gasteiger partial charge >= 0.3 is 0 Å². The fourth-order valence-electron chi connectivity index (χ4n) is 2.72. The molecule has 1 rings (SSSR count). The zero-order valence-electron chi connectivity index (χ0n) is 10.5. The van der Waals surface area contributed by atoms with Crippen molar-refractivity contribution in [2.75, 3.05) is 0 Å². The summed E-state index contributed by atoms with van der Waals surface area (Å²) in [6.07, 6.45) is -1.09. The van der Waals surface area contributed by atoms with Gasteiger partial charge in [0.1, 0.15) is 6.10 Å². The summed E-state index contributed by atoms with van der Waals surface area (Å²) in [5.74, 6) is -0.807. The monoisotopic (exact) mass is 317 g/mol. The number of aliphatic hydroxyl groups excluding tert-OH is 2. The minimum absolute atomic E-state index is 0.228.